The van der Waals surface area contributed by atoms with E-state index < -0.39 is 11.5 Å². The molecule has 5 rings (SSSR count). The van der Waals surface area contributed by atoms with E-state index in [2.05, 4.69) is 6.07 Å². The summed E-state index contributed by atoms with van der Waals surface area (Å²) in [6.45, 7) is 0.437. The quantitative estimate of drug-likeness (QED) is 0.483. The van der Waals surface area contributed by atoms with Gasteiger partial charge in [0.1, 0.15) is 29.6 Å². The van der Waals surface area contributed by atoms with Gasteiger partial charge in [-0.3, -0.25) is 0 Å². The smallest absolute Gasteiger partial charge is 0.344 e. The van der Waals surface area contributed by atoms with Crippen LogP contribution in [-0.4, -0.2) is 0 Å². The van der Waals surface area contributed by atoms with Gasteiger partial charge in [0.05, 0.1) is 16.9 Å². The molecule has 0 unspecified atom stereocenters. The van der Waals surface area contributed by atoms with Crippen LogP contribution in [0.3, 0.4) is 0 Å². The number of para-hydroxylation sites is 1. The highest BCUT2D eigenvalue weighted by Gasteiger charge is 2.35. The van der Waals surface area contributed by atoms with Gasteiger partial charge in [0.25, 0.3) is 0 Å². The zero-order valence-electron chi connectivity index (χ0n) is 16.9. The van der Waals surface area contributed by atoms with E-state index in [1.54, 1.807) is 30.3 Å². The zero-order valence-corrected chi connectivity index (χ0v) is 16.9. The molecule has 0 spiro atoms. The molecule has 0 fully saturated rings. The summed E-state index contributed by atoms with van der Waals surface area (Å²) < 4.78 is 17.1. The molecule has 32 heavy (non-hydrogen) atoms. The summed E-state index contributed by atoms with van der Waals surface area (Å²) >= 11 is 0. The van der Waals surface area contributed by atoms with Crippen molar-refractivity contribution in [3.8, 4) is 17.6 Å². The molecule has 2 heterocycles. The number of nitriles is 1. The Morgan fingerprint density at radius 2 is 1.69 bits per heavy atom. The van der Waals surface area contributed by atoms with Gasteiger partial charge < -0.3 is 19.6 Å². The van der Waals surface area contributed by atoms with E-state index >= 15 is 0 Å². The molecular formula is C26H18N2O4. The third kappa shape index (κ3) is 3.36. The third-order valence-corrected chi connectivity index (χ3v) is 5.44. The first-order valence-corrected chi connectivity index (χ1v) is 10.1. The van der Waals surface area contributed by atoms with Crippen LogP contribution in [0.4, 0.5) is 0 Å². The van der Waals surface area contributed by atoms with Crippen molar-refractivity contribution in [3.05, 3.63) is 117 Å². The van der Waals surface area contributed by atoms with Crippen LogP contribution in [0.5, 0.6) is 11.5 Å². The largest absolute Gasteiger partial charge is 0.489 e. The van der Waals surface area contributed by atoms with Crippen LogP contribution in [0.1, 0.15) is 22.6 Å². The number of nitrogens with two attached hydrogens (primary N) is 1. The van der Waals surface area contributed by atoms with Crippen molar-refractivity contribution in [2.45, 2.75) is 12.5 Å². The van der Waals surface area contributed by atoms with Gasteiger partial charge in [0.2, 0.25) is 5.88 Å². The molecule has 4 aromatic rings. The van der Waals surface area contributed by atoms with E-state index in [1.165, 1.54) is 0 Å². The fraction of sp³-hybridized carbons (Fsp3) is 0.0769. The second-order valence-corrected chi connectivity index (χ2v) is 7.40. The van der Waals surface area contributed by atoms with Crippen molar-refractivity contribution in [1.82, 2.24) is 0 Å². The minimum Gasteiger partial charge on any atom is -0.489 e. The van der Waals surface area contributed by atoms with Crippen LogP contribution in [0.15, 0.2) is 99.5 Å². The summed E-state index contributed by atoms with van der Waals surface area (Å²) in [5.74, 6) is 0.270. The topological polar surface area (TPSA) is 98.5 Å². The Labute approximate surface area is 183 Å². The van der Waals surface area contributed by atoms with Crippen LogP contribution in [0.2, 0.25) is 0 Å². The number of rotatable bonds is 4. The maximum Gasteiger partial charge on any atom is 0.344 e. The standard InChI is InChI=1S/C26H18N2O4/c27-14-20-22(17-10-12-18(13-11-17)30-15-16-6-2-1-3-7-16)23-24(32-25(20)28)19-8-4-5-9-21(19)31-26(23)29/h1-13,22H,15,28H2/t22-/m1/s1. The number of hydrogen-bond donors (Lipinski definition) is 1. The molecule has 1 aromatic heterocycles. The molecule has 3 aromatic carbocycles. The van der Waals surface area contributed by atoms with Crippen molar-refractivity contribution in [2.75, 3.05) is 0 Å². The number of ether oxygens (including phenoxy) is 2. The highest BCUT2D eigenvalue weighted by atomic mass is 16.5. The van der Waals surface area contributed by atoms with E-state index in [4.69, 9.17) is 19.6 Å². The highest BCUT2D eigenvalue weighted by Crippen LogP contribution is 2.43. The van der Waals surface area contributed by atoms with Gasteiger partial charge in [0.15, 0.2) is 5.75 Å². The number of benzene rings is 3. The first-order chi connectivity index (χ1) is 15.7. The Hall–Kier alpha value is -4.50. The van der Waals surface area contributed by atoms with Crippen LogP contribution < -0.4 is 20.8 Å². The average molecular weight is 422 g/mol. The summed E-state index contributed by atoms with van der Waals surface area (Å²) in [7, 11) is 0. The molecular weight excluding hydrogens is 404 g/mol. The summed E-state index contributed by atoms with van der Waals surface area (Å²) in [5.41, 5.74) is 8.12. The molecule has 6 heteroatoms. The van der Waals surface area contributed by atoms with E-state index in [1.807, 2.05) is 48.5 Å². The molecule has 1 aliphatic heterocycles. The lowest BCUT2D eigenvalue weighted by molar-refractivity contribution is 0.306. The number of nitrogens with zero attached hydrogens (tertiary/aromatic N) is 1. The second kappa shape index (κ2) is 7.97. The maximum absolute atomic E-state index is 12.9. The Bertz CT molecular complexity index is 1430. The summed E-state index contributed by atoms with van der Waals surface area (Å²) in [6.07, 6.45) is 0. The summed E-state index contributed by atoms with van der Waals surface area (Å²) in [4.78, 5) is 12.9. The predicted octanol–water partition coefficient (Wildman–Crippen LogP) is 4.59. The van der Waals surface area contributed by atoms with Gasteiger partial charge in [-0.25, -0.2) is 4.79 Å². The molecule has 0 bridgehead atoms. The molecule has 0 aliphatic carbocycles. The van der Waals surface area contributed by atoms with Gasteiger partial charge in [-0.2, -0.15) is 5.26 Å². The Kier molecular flexibility index (Phi) is 4.85. The van der Waals surface area contributed by atoms with Crippen LogP contribution in [0, 0.1) is 11.3 Å². The Morgan fingerprint density at radius 1 is 0.969 bits per heavy atom. The third-order valence-electron chi connectivity index (χ3n) is 5.44. The molecule has 1 atom stereocenters. The van der Waals surface area contributed by atoms with Crippen molar-refractivity contribution >= 4 is 11.0 Å². The first kappa shape index (κ1) is 19.5. The van der Waals surface area contributed by atoms with E-state index in [9.17, 15) is 10.1 Å². The Morgan fingerprint density at radius 3 is 2.44 bits per heavy atom. The summed E-state index contributed by atoms with van der Waals surface area (Å²) in [6, 6.07) is 26.3. The molecule has 0 amide bonds. The molecule has 0 saturated heterocycles. The van der Waals surface area contributed by atoms with Crippen molar-refractivity contribution in [3.63, 3.8) is 0 Å². The fourth-order valence-electron chi connectivity index (χ4n) is 3.90. The van der Waals surface area contributed by atoms with Crippen molar-refractivity contribution in [1.29, 1.82) is 5.26 Å². The lowest BCUT2D eigenvalue weighted by Crippen LogP contribution is -2.26. The van der Waals surface area contributed by atoms with Crippen LogP contribution in [0.25, 0.3) is 11.0 Å². The average Bonchev–Trinajstić information content (AvgIpc) is 2.83. The minimum atomic E-state index is -0.701. The molecule has 156 valence electrons. The van der Waals surface area contributed by atoms with Gasteiger partial charge in [-0.05, 0) is 35.4 Å². The number of hydrogen-bond acceptors (Lipinski definition) is 6. The first-order valence-electron chi connectivity index (χ1n) is 10.1. The Balaban J connectivity index is 1.55. The van der Waals surface area contributed by atoms with Crippen molar-refractivity contribution < 1.29 is 13.9 Å². The lowest BCUT2D eigenvalue weighted by atomic mass is 9.84. The molecule has 0 saturated carbocycles. The monoisotopic (exact) mass is 422 g/mol. The minimum absolute atomic E-state index is 0.0230. The van der Waals surface area contributed by atoms with E-state index in [0.29, 0.717) is 34.6 Å². The van der Waals surface area contributed by atoms with E-state index in [-0.39, 0.29) is 17.0 Å². The SMILES string of the molecule is N#CC1=C(N)Oc2c(c(=O)oc3ccccc23)[C@@H]1c1ccc(OCc2ccccc2)cc1. The predicted molar refractivity (Wildman–Crippen MR) is 119 cm³/mol. The fourth-order valence-corrected chi connectivity index (χ4v) is 3.90. The van der Waals surface area contributed by atoms with E-state index in [0.717, 1.165) is 5.56 Å². The molecule has 2 N–H and O–H groups in total. The van der Waals surface area contributed by atoms with Gasteiger partial charge >= 0.3 is 5.63 Å². The van der Waals surface area contributed by atoms with Gasteiger partial charge in [-0.1, -0.05) is 54.6 Å². The zero-order chi connectivity index (χ0) is 22.1. The number of allylic oxidation sites excluding steroid dienone is 1. The summed E-state index contributed by atoms with van der Waals surface area (Å²) in [5, 5.41) is 10.4. The number of fused-ring (bicyclic) bond motifs is 3. The van der Waals surface area contributed by atoms with Crippen molar-refractivity contribution in [2.24, 2.45) is 5.73 Å². The van der Waals surface area contributed by atoms with Crippen LogP contribution >= 0.6 is 0 Å². The van der Waals surface area contributed by atoms with Gasteiger partial charge in [-0.15, -0.1) is 0 Å². The lowest BCUT2D eigenvalue weighted by Gasteiger charge is -2.26. The normalized spacial score (nSPS) is 15.0. The highest BCUT2D eigenvalue weighted by molar-refractivity contribution is 5.86. The molecule has 6 nitrogen and oxygen atoms in total. The molecule has 1 aliphatic rings. The molecule has 0 radical (unpaired) electrons. The maximum atomic E-state index is 12.9. The van der Waals surface area contributed by atoms with Crippen LogP contribution in [-0.2, 0) is 6.61 Å². The second-order valence-electron chi connectivity index (χ2n) is 7.40. The van der Waals surface area contributed by atoms with Gasteiger partial charge in [0, 0.05) is 0 Å².